The van der Waals surface area contributed by atoms with Crippen molar-refractivity contribution in [3.05, 3.63) is 32.4 Å². The molecule has 0 aliphatic heterocycles. The second kappa shape index (κ2) is 3.03. The van der Waals surface area contributed by atoms with Crippen LogP contribution in [0.1, 0.15) is 0 Å². The van der Waals surface area contributed by atoms with Gasteiger partial charge >= 0.3 is 0 Å². The van der Waals surface area contributed by atoms with E-state index >= 15 is 0 Å². The molecule has 1 aromatic heterocycles. The molecule has 0 saturated heterocycles. The summed E-state index contributed by atoms with van der Waals surface area (Å²) in [7, 11) is 2.06. The van der Waals surface area contributed by atoms with E-state index in [0.29, 0.717) is 0 Å². The number of para-hydroxylation sites is 1. The Morgan fingerprint density at radius 2 is 2.17 bits per heavy atom. The molecule has 1 heterocycles. The van der Waals surface area contributed by atoms with Crippen LogP contribution in [0.4, 0.5) is 0 Å². The molecule has 1 nitrogen and oxygen atoms in total. The van der Waals surface area contributed by atoms with E-state index in [9.17, 15) is 0 Å². The fraction of sp³-hybridized carbons (Fsp3) is 0.111. The van der Waals surface area contributed by atoms with Gasteiger partial charge in [0, 0.05) is 26.7 Å². The van der Waals surface area contributed by atoms with Crippen molar-refractivity contribution in [3.8, 4) is 0 Å². The standard InChI is InChI=1S/C9H7BrIN/c1-12-5-8(11)6-3-2-4-7(10)9(6)12/h2-5H,1H3. The second-order valence-corrected chi connectivity index (χ2v) is 4.74. The van der Waals surface area contributed by atoms with Crippen LogP contribution < -0.4 is 0 Å². The molecule has 12 heavy (non-hydrogen) atoms. The molecule has 0 radical (unpaired) electrons. The van der Waals surface area contributed by atoms with Gasteiger partial charge in [-0.15, -0.1) is 0 Å². The number of aryl methyl sites for hydroxylation is 1. The maximum absolute atomic E-state index is 3.54. The molecule has 0 unspecified atom stereocenters. The first-order valence-corrected chi connectivity index (χ1v) is 5.46. The lowest BCUT2D eigenvalue weighted by molar-refractivity contribution is 0.964. The Balaban J connectivity index is 2.99. The molecule has 62 valence electrons. The normalized spacial score (nSPS) is 10.9. The summed E-state index contributed by atoms with van der Waals surface area (Å²) in [6.07, 6.45) is 2.13. The molecule has 0 N–H and O–H groups in total. The zero-order chi connectivity index (χ0) is 8.72. The van der Waals surface area contributed by atoms with Gasteiger partial charge in [-0.05, 0) is 44.6 Å². The largest absolute Gasteiger partial charge is 0.349 e. The van der Waals surface area contributed by atoms with Gasteiger partial charge in [-0.3, -0.25) is 0 Å². The van der Waals surface area contributed by atoms with Gasteiger partial charge in [0.2, 0.25) is 0 Å². The highest BCUT2D eigenvalue weighted by Gasteiger charge is 2.05. The topological polar surface area (TPSA) is 4.93 Å². The van der Waals surface area contributed by atoms with Crippen molar-refractivity contribution in [2.24, 2.45) is 7.05 Å². The smallest absolute Gasteiger partial charge is 0.0633 e. The average Bonchev–Trinajstić information content (AvgIpc) is 2.29. The Morgan fingerprint density at radius 3 is 2.83 bits per heavy atom. The van der Waals surface area contributed by atoms with Gasteiger partial charge in [0.1, 0.15) is 0 Å². The highest BCUT2D eigenvalue weighted by Crippen LogP contribution is 2.28. The SMILES string of the molecule is Cn1cc(I)c2cccc(Br)c21. The first kappa shape index (κ1) is 8.56. The van der Waals surface area contributed by atoms with Crippen LogP contribution in [0.2, 0.25) is 0 Å². The molecule has 0 amide bonds. The van der Waals surface area contributed by atoms with E-state index in [4.69, 9.17) is 0 Å². The highest BCUT2D eigenvalue weighted by atomic mass is 127. The summed E-state index contributed by atoms with van der Waals surface area (Å²) in [6.45, 7) is 0. The van der Waals surface area contributed by atoms with Crippen molar-refractivity contribution in [2.75, 3.05) is 0 Å². The highest BCUT2D eigenvalue weighted by molar-refractivity contribution is 14.1. The minimum atomic E-state index is 1.16. The van der Waals surface area contributed by atoms with E-state index in [1.165, 1.54) is 14.5 Å². The van der Waals surface area contributed by atoms with Crippen molar-refractivity contribution in [2.45, 2.75) is 0 Å². The molecule has 2 aromatic rings. The van der Waals surface area contributed by atoms with Crippen LogP contribution in [0, 0.1) is 3.57 Å². The van der Waals surface area contributed by atoms with E-state index < -0.39 is 0 Å². The quantitative estimate of drug-likeness (QED) is 0.649. The minimum absolute atomic E-state index is 1.16. The number of nitrogens with zero attached hydrogens (tertiary/aromatic N) is 1. The van der Waals surface area contributed by atoms with Gasteiger partial charge in [0.05, 0.1) is 5.52 Å². The van der Waals surface area contributed by atoms with Crippen molar-refractivity contribution in [3.63, 3.8) is 0 Å². The molecular formula is C9H7BrIN. The molecular weight excluding hydrogens is 329 g/mol. The number of rotatable bonds is 0. The third kappa shape index (κ3) is 1.19. The van der Waals surface area contributed by atoms with Crippen molar-refractivity contribution >= 4 is 49.4 Å². The number of fused-ring (bicyclic) bond motifs is 1. The zero-order valence-corrected chi connectivity index (χ0v) is 10.3. The molecule has 0 saturated carbocycles. The van der Waals surface area contributed by atoms with Gasteiger partial charge in [-0.25, -0.2) is 0 Å². The Morgan fingerprint density at radius 1 is 1.42 bits per heavy atom. The number of hydrogen-bond donors (Lipinski definition) is 0. The van der Waals surface area contributed by atoms with Crippen LogP contribution in [0.15, 0.2) is 28.9 Å². The van der Waals surface area contributed by atoms with Gasteiger partial charge in [0.15, 0.2) is 0 Å². The van der Waals surface area contributed by atoms with Crippen LogP contribution in [0.25, 0.3) is 10.9 Å². The second-order valence-electron chi connectivity index (χ2n) is 2.72. The Kier molecular flexibility index (Phi) is 2.16. The van der Waals surface area contributed by atoms with Crippen LogP contribution in [0.3, 0.4) is 0 Å². The lowest BCUT2D eigenvalue weighted by Crippen LogP contribution is -1.83. The molecule has 0 fully saturated rings. The average molecular weight is 336 g/mol. The van der Waals surface area contributed by atoms with Gasteiger partial charge in [-0.2, -0.15) is 0 Å². The maximum atomic E-state index is 3.54. The fourth-order valence-corrected chi connectivity index (χ4v) is 2.87. The molecule has 0 atom stereocenters. The number of halogens is 2. The van der Waals surface area contributed by atoms with Crippen LogP contribution in [-0.4, -0.2) is 4.57 Å². The number of hydrogen-bond acceptors (Lipinski definition) is 0. The van der Waals surface area contributed by atoms with E-state index in [1.807, 2.05) is 0 Å². The zero-order valence-electron chi connectivity index (χ0n) is 6.51. The lowest BCUT2D eigenvalue weighted by Gasteiger charge is -1.97. The molecule has 0 spiro atoms. The summed E-state index contributed by atoms with van der Waals surface area (Å²) in [5.41, 5.74) is 1.27. The molecule has 0 bridgehead atoms. The first-order chi connectivity index (χ1) is 5.70. The summed E-state index contributed by atoms with van der Waals surface area (Å²) >= 11 is 5.89. The van der Waals surface area contributed by atoms with E-state index in [1.54, 1.807) is 0 Å². The van der Waals surface area contributed by atoms with Gasteiger partial charge in [-0.1, -0.05) is 12.1 Å². The predicted octanol–water partition coefficient (Wildman–Crippen LogP) is 3.55. The molecule has 0 aliphatic rings. The summed E-state index contributed by atoms with van der Waals surface area (Å²) in [5, 5.41) is 1.31. The Hall–Kier alpha value is -0.0300. The number of benzene rings is 1. The van der Waals surface area contributed by atoms with Crippen molar-refractivity contribution in [1.29, 1.82) is 0 Å². The summed E-state index contributed by atoms with van der Waals surface area (Å²) in [4.78, 5) is 0. The maximum Gasteiger partial charge on any atom is 0.0633 e. The summed E-state index contributed by atoms with van der Waals surface area (Å²) in [6, 6.07) is 6.27. The monoisotopic (exact) mass is 335 g/mol. The van der Waals surface area contributed by atoms with Crippen LogP contribution in [-0.2, 0) is 7.05 Å². The summed E-state index contributed by atoms with van der Waals surface area (Å²) < 4.78 is 4.60. The molecule has 3 heteroatoms. The van der Waals surface area contributed by atoms with Crippen LogP contribution in [0.5, 0.6) is 0 Å². The van der Waals surface area contributed by atoms with Gasteiger partial charge in [0.25, 0.3) is 0 Å². The molecule has 1 aromatic carbocycles. The van der Waals surface area contributed by atoms with E-state index in [-0.39, 0.29) is 0 Å². The van der Waals surface area contributed by atoms with Gasteiger partial charge < -0.3 is 4.57 Å². The first-order valence-electron chi connectivity index (χ1n) is 3.59. The fourth-order valence-electron chi connectivity index (χ4n) is 1.37. The number of aromatic nitrogens is 1. The lowest BCUT2D eigenvalue weighted by atomic mass is 10.2. The van der Waals surface area contributed by atoms with E-state index in [2.05, 4.69) is 74.5 Å². The Labute approximate surface area is 93.0 Å². The molecule has 0 aliphatic carbocycles. The predicted molar refractivity (Wildman–Crippen MR) is 63.3 cm³/mol. The van der Waals surface area contributed by atoms with E-state index in [0.717, 1.165) is 4.47 Å². The van der Waals surface area contributed by atoms with Crippen LogP contribution >= 0.6 is 38.5 Å². The third-order valence-electron chi connectivity index (χ3n) is 1.90. The van der Waals surface area contributed by atoms with Crippen molar-refractivity contribution < 1.29 is 0 Å². The van der Waals surface area contributed by atoms with Crippen molar-refractivity contribution in [1.82, 2.24) is 4.57 Å². The molecule has 2 rings (SSSR count). The Bertz CT molecular complexity index is 433. The third-order valence-corrected chi connectivity index (χ3v) is 3.40. The minimum Gasteiger partial charge on any atom is -0.349 e. The summed E-state index contributed by atoms with van der Waals surface area (Å²) in [5.74, 6) is 0.